The number of carbonyl (C=O) groups is 3. The number of aliphatic hydroxyl groups is 3. The first kappa shape index (κ1) is 46.6. The molecule has 0 saturated carbocycles. The molecule has 54 heavy (non-hydrogen) atoms. The standard InChI is InChI=1S/C40H71NO13/c1-16-28-40(12,47)33(45)22(4)30(43)20(2)18-38(9,10)34(54-37-31(44)27(41(13)14)17-21(3)49-37)23(5)32(24(6)36(46)52-28)53-29-19-39(11,48-15)35(25(7)50-29)51-26(8)42/h20-25,27-29,31-35,37,44-45,47H,16-19H2,1-15H3/t20?,21?,22?,23?,24?,25?,27?,28-,29?,31?,32?,33?,34?,35?,37?,39?,40?/m1/s1. The fraction of sp³-hybridized carbons (Fsp3) is 0.925. The van der Waals surface area contributed by atoms with E-state index in [1.54, 1.807) is 34.6 Å². The molecule has 0 aromatic heterocycles. The van der Waals surface area contributed by atoms with Crippen LogP contribution in [0.4, 0.5) is 0 Å². The molecular formula is C40H71NO13. The first-order valence-corrected chi connectivity index (χ1v) is 19.7. The Balaban J connectivity index is 2.19. The highest BCUT2D eigenvalue weighted by atomic mass is 16.7. The lowest BCUT2D eigenvalue weighted by Crippen LogP contribution is -2.60. The number of rotatable bonds is 8. The Bertz CT molecular complexity index is 1280. The van der Waals surface area contributed by atoms with Gasteiger partial charge in [-0.15, -0.1) is 0 Å². The van der Waals surface area contributed by atoms with E-state index in [2.05, 4.69) is 0 Å². The number of hydrogen-bond acceptors (Lipinski definition) is 14. The predicted molar refractivity (Wildman–Crippen MR) is 199 cm³/mol. The number of Topliss-reactive ketones (excluding diaryl/α,β-unsaturated/α-hetero) is 1. The Labute approximate surface area is 322 Å². The van der Waals surface area contributed by atoms with E-state index in [0.717, 1.165) is 0 Å². The number of nitrogens with zero attached hydrogens (tertiary/aromatic N) is 1. The second-order valence-corrected chi connectivity index (χ2v) is 17.7. The number of methoxy groups -OCH3 is 1. The van der Waals surface area contributed by atoms with Gasteiger partial charge in [-0.2, -0.15) is 0 Å². The third-order valence-corrected chi connectivity index (χ3v) is 12.3. The zero-order valence-corrected chi connectivity index (χ0v) is 35.4. The van der Waals surface area contributed by atoms with Gasteiger partial charge in [0.2, 0.25) is 0 Å². The van der Waals surface area contributed by atoms with E-state index in [1.807, 2.05) is 53.6 Å². The molecule has 0 spiro atoms. The molecule has 3 heterocycles. The molecule has 3 aliphatic heterocycles. The van der Waals surface area contributed by atoms with Gasteiger partial charge in [0.1, 0.15) is 29.2 Å². The molecule has 0 aromatic carbocycles. The molecule has 16 unspecified atom stereocenters. The van der Waals surface area contributed by atoms with Crippen LogP contribution in [0.2, 0.25) is 0 Å². The van der Waals surface area contributed by atoms with Gasteiger partial charge in [-0.3, -0.25) is 14.4 Å². The zero-order chi connectivity index (χ0) is 41.2. The van der Waals surface area contributed by atoms with Gasteiger partial charge in [-0.05, 0) is 73.4 Å². The highest BCUT2D eigenvalue weighted by Crippen LogP contribution is 2.44. The summed E-state index contributed by atoms with van der Waals surface area (Å²) in [6.45, 7) is 20.8. The summed E-state index contributed by atoms with van der Waals surface area (Å²) >= 11 is 0. The van der Waals surface area contributed by atoms with Crippen molar-refractivity contribution in [1.29, 1.82) is 0 Å². The third-order valence-electron chi connectivity index (χ3n) is 12.3. The molecule has 0 bridgehead atoms. The zero-order valence-electron chi connectivity index (χ0n) is 35.4. The summed E-state index contributed by atoms with van der Waals surface area (Å²) in [6, 6.07) is -0.257. The molecule has 0 aromatic rings. The normalized spacial score (nSPS) is 45.7. The van der Waals surface area contributed by atoms with Crippen LogP contribution in [0, 0.1) is 29.1 Å². The predicted octanol–water partition coefficient (Wildman–Crippen LogP) is 3.63. The van der Waals surface area contributed by atoms with Crippen molar-refractivity contribution < 1.29 is 62.9 Å². The van der Waals surface area contributed by atoms with E-state index in [9.17, 15) is 29.7 Å². The molecule has 3 rings (SSSR count). The fourth-order valence-corrected chi connectivity index (χ4v) is 9.15. The summed E-state index contributed by atoms with van der Waals surface area (Å²) in [5.74, 6) is -4.61. The maximum Gasteiger partial charge on any atom is 0.311 e. The Morgan fingerprint density at radius 2 is 1.54 bits per heavy atom. The van der Waals surface area contributed by atoms with Gasteiger partial charge in [0.05, 0.1) is 36.4 Å². The highest BCUT2D eigenvalue weighted by molar-refractivity contribution is 5.83. The van der Waals surface area contributed by atoms with E-state index in [0.29, 0.717) is 12.8 Å². The van der Waals surface area contributed by atoms with Gasteiger partial charge < -0.3 is 53.4 Å². The van der Waals surface area contributed by atoms with Crippen LogP contribution in [-0.2, 0) is 47.5 Å². The topological polar surface area (TPSA) is 180 Å². The molecule has 3 N–H and O–H groups in total. The molecule has 14 heteroatoms. The summed E-state index contributed by atoms with van der Waals surface area (Å²) in [4.78, 5) is 42.2. The van der Waals surface area contributed by atoms with E-state index < -0.39 is 108 Å². The number of likely N-dealkylation sites (N-methyl/N-ethyl adjacent to an activating group) is 1. The van der Waals surface area contributed by atoms with Crippen molar-refractivity contribution in [1.82, 2.24) is 4.90 Å². The summed E-state index contributed by atoms with van der Waals surface area (Å²) in [5.41, 5.74) is -3.78. The van der Waals surface area contributed by atoms with Crippen LogP contribution in [0.1, 0.15) is 109 Å². The van der Waals surface area contributed by atoms with Crippen LogP contribution in [0.3, 0.4) is 0 Å². The van der Waals surface area contributed by atoms with Crippen molar-refractivity contribution in [3.8, 4) is 0 Å². The van der Waals surface area contributed by atoms with E-state index in [1.165, 1.54) is 21.0 Å². The molecule has 314 valence electrons. The van der Waals surface area contributed by atoms with Crippen molar-refractivity contribution in [2.24, 2.45) is 29.1 Å². The molecule has 14 nitrogen and oxygen atoms in total. The molecular weight excluding hydrogens is 702 g/mol. The lowest BCUT2D eigenvalue weighted by Gasteiger charge is -2.50. The lowest BCUT2D eigenvalue weighted by atomic mass is 9.69. The van der Waals surface area contributed by atoms with E-state index in [-0.39, 0.29) is 30.8 Å². The summed E-state index contributed by atoms with van der Waals surface area (Å²) in [5, 5.41) is 34.7. The minimum absolute atomic E-state index is 0.139. The Morgan fingerprint density at radius 1 is 0.926 bits per heavy atom. The molecule has 0 aliphatic carbocycles. The van der Waals surface area contributed by atoms with Crippen molar-refractivity contribution in [3.05, 3.63) is 0 Å². The first-order valence-electron chi connectivity index (χ1n) is 19.7. The maximum atomic E-state index is 14.2. The summed E-state index contributed by atoms with van der Waals surface area (Å²) < 4.78 is 43.8. The van der Waals surface area contributed by atoms with Crippen molar-refractivity contribution in [2.45, 2.75) is 187 Å². The molecule has 3 saturated heterocycles. The number of ketones is 1. The van der Waals surface area contributed by atoms with Crippen LogP contribution in [0.25, 0.3) is 0 Å². The Kier molecular flexibility index (Phi) is 15.7. The summed E-state index contributed by atoms with van der Waals surface area (Å²) in [7, 11) is 5.31. The third kappa shape index (κ3) is 10.2. The Morgan fingerprint density at radius 3 is 2.07 bits per heavy atom. The van der Waals surface area contributed by atoms with Gasteiger partial charge in [0, 0.05) is 44.2 Å². The molecule has 3 fully saturated rings. The van der Waals surface area contributed by atoms with Gasteiger partial charge in [0.15, 0.2) is 18.7 Å². The molecule has 0 amide bonds. The van der Waals surface area contributed by atoms with Gasteiger partial charge >= 0.3 is 11.9 Å². The average Bonchev–Trinajstić information content (AvgIpc) is 3.08. The van der Waals surface area contributed by atoms with Crippen molar-refractivity contribution >= 4 is 17.7 Å². The van der Waals surface area contributed by atoms with Crippen molar-refractivity contribution in [2.75, 3.05) is 21.2 Å². The number of ether oxygens (including phenoxy) is 7. The van der Waals surface area contributed by atoms with Crippen LogP contribution in [0.15, 0.2) is 0 Å². The Hall–Kier alpha value is -1.75. The van der Waals surface area contributed by atoms with Gasteiger partial charge in [-0.1, -0.05) is 41.5 Å². The number of cyclic esters (lactones) is 1. The SMILES string of the molecule is CC[C@H]1OC(=O)C(C)C(OC2CC(C)(OC)C(OC(C)=O)C(C)O2)C(C)C(OC2OC(C)CC(N(C)C)C2O)C(C)(C)CC(C)C(=O)C(C)C(O)C1(C)O. The first-order chi connectivity index (χ1) is 24.8. The summed E-state index contributed by atoms with van der Waals surface area (Å²) in [6.07, 6.45) is -7.88. The number of esters is 2. The quantitative estimate of drug-likeness (QED) is 0.305. The number of aliphatic hydroxyl groups excluding tert-OH is 2. The average molecular weight is 774 g/mol. The van der Waals surface area contributed by atoms with Gasteiger partial charge in [-0.25, -0.2) is 0 Å². The van der Waals surface area contributed by atoms with Crippen LogP contribution in [0.5, 0.6) is 0 Å². The monoisotopic (exact) mass is 773 g/mol. The fourth-order valence-electron chi connectivity index (χ4n) is 9.15. The smallest absolute Gasteiger partial charge is 0.311 e. The van der Waals surface area contributed by atoms with Crippen LogP contribution < -0.4 is 0 Å². The number of carbonyl (C=O) groups excluding carboxylic acids is 3. The van der Waals surface area contributed by atoms with Crippen molar-refractivity contribution in [3.63, 3.8) is 0 Å². The van der Waals surface area contributed by atoms with E-state index >= 15 is 0 Å². The molecule has 3 aliphatic rings. The minimum Gasteiger partial charge on any atom is -0.459 e. The second-order valence-electron chi connectivity index (χ2n) is 17.7. The highest BCUT2D eigenvalue weighted by Gasteiger charge is 2.53. The maximum absolute atomic E-state index is 14.2. The molecule has 17 atom stereocenters. The largest absolute Gasteiger partial charge is 0.459 e. The van der Waals surface area contributed by atoms with Gasteiger partial charge in [0.25, 0.3) is 0 Å². The molecule has 0 radical (unpaired) electrons. The van der Waals surface area contributed by atoms with E-state index in [4.69, 9.17) is 33.2 Å². The second kappa shape index (κ2) is 18.2. The lowest BCUT2D eigenvalue weighted by molar-refractivity contribution is -0.314. The number of hydrogen-bond donors (Lipinski definition) is 3. The minimum atomic E-state index is -1.95. The van der Waals surface area contributed by atoms with Crippen LogP contribution in [-0.4, -0.2) is 138 Å². The van der Waals surface area contributed by atoms with Crippen LogP contribution >= 0.6 is 0 Å².